The Morgan fingerprint density at radius 1 is 0.889 bits per heavy atom. The molecule has 3 rings (SSSR count). The molecule has 1 aromatic heterocycles. The number of rotatable bonds is 2. The summed E-state index contributed by atoms with van der Waals surface area (Å²) in [5, 5.41) is 0. The second kappa shape index (κ2) is 4.45. The maximum atomic E-state index is 12.8. The summed E-state index contributed by atoms with van der Waals surface area (Å²) in [7, 11) is 0. The zero-order valence-corrected chi connectivity index (χ0v) is 9.62. The van der Waals surface area contributed by atoms with Crippen LogP contribution >= 0.6 is 0 Å². The van der Waals surface area contributed by atoms with Gasteiger partial charge in [0.25, 0.3) is 0 Å². The Morgan fingerprint density at radius 2 is 1.61 bits per heavy atom. The highest BCUT2D eigenvalue weighted by molar-refractivity contribution is 5.58. The molecule has 0 unspecified atom stereocenters. The molecule has 0 bridgehead atoms. The first-order valence-electron chi connectivity index (χ1n) is 5.68. The van der Waals surface area contributed by atoms with E-state index in [4.69, 9.17) is 0 Å². The van der Waals surface area contributed by atoms with Crippen molar-refractivity contribution in [1.82, 2.24) is 9.55 Å². The van der Waals surface area contributed by atoms with E-state index in [-0.39, 0.29) is 5.82 Å². The van der Waals surface area contributed by atoms with Crippen LogP contribution in [-0.2, 0) is 0 Å². The number of para-hydroxylation sites is 1. The van der Waals surface area contributed by atoms with E-state index in [0.717, 1.165) is 16.9 Å². The van der Waals surface area contributed by atoms with Crippen molar-refractivity contribution >= 4 is 0 Å². The van der Waals surface area contributed by atoms with Gasteiger partial charge in [0.1, 0.15) is 5.82 Å². The fraction of sp³-hybridized carbons (Fsp3) is 0. The Hall–Kier alpha value is -2.42. The molecule has 2 aromatic carbocycles. The first-order chi connectivity index (χ1) is 8.83. The van der Waals surface area contributed by atoms with Crippen LogP contribution in [0.15, 0.2) is 67.1 Å². The molecule has 0 saturated heterocycles. The molecule has 0 aliphatic carbocycles. The van der Waals surface area contributed by atoms with Crippen LogP contribution < -0.4 is 0 Å². The predicted molar refractivity (Wildman–Crippen MR) is 69.0 cm³/mol. The molecule has 0 radical (unpaired) electrons. The molecule has 88 valence electrons. The molecule has 3 heteroatoms. The van der Waals surface area contributed by atoms with Crippen molar-refractivity contribution < 1.29 is 4.39 Å². The fourth-order valence-electron chi connectivity index (χ4n) is 1.83. The highest BCUT2D eigenvalue weighted by Gasteiger charge is 2.03. The Morgan fingerprint density at radius 3 is 2.33 bits per heavy atom. The van der Waals surface area contributed by atoms with Crippen LogP contribution in [0.3, 0.4) is 0 Å². The summed E-state index contributed by atoms with van der Waals surface area (Å²) in [6, 6.07) is 16.3. The van der Waals surface area contributed by atoms with Gasteiger partial charge >= 0.3 is 0 Å². The molecule has 0 aliphatic heterocycles. The van der Waals surface area contributed by atoms with Crippen molar-refractivity contribution in [2.45, 2.75) is 0 Å². The minimum atomic E-state index is -0.235. The highest BCUT2D eigenvalue weighted by atomic mass is 19.1. The molecular weight excluding hydrogens is 227 g/mol. The summed E-state index contributed by atoms with van der Waals surface area (Å²) in [6.45, 7) is 0. The molecule has 1 heterocycles. The maximum absolute atomic E-state index is 12.8. The fourth-order valence-corrected chi connectivity index (χ4v) is 1.83. The van der Waals surface area contributed by atoms with Gasteiger partial charge < -0.3 is 4.57 Å². The number of hydrogen-bond donors (Lipinski definition) is 0. The molecule has 0 N–H and O–H groups in total. The standard InChI is InChI=1S/C15H11FN2/c16-13-8-6-12(7-9-13)15-10-18(11-17-15)14-4-2-1-3-5-14/h1-11H. The average molecular weight is 238 g/mol. The molecule has 0 aliphatic rings. The van der Waals surface area contributed by atoms with Gasteiger partial charge in [0.15, 0.2) is 0 Å². The van der Waals surface area contributed by atoms with Gasteiger partial charge in [-0.25, -0.2) is 9.37 Å². The van der Waals surface area contributed by atoms with Crippen molar-refractivity contribution in [3.8, 4) is 16.9 Å². The lowest BCUT2D eigenvalue weighted by Crippen LogP contribution is -1.87. The van der Waals surface area contributed by atoms with Crippen LogP contribution in [0.1, 0.15) is 0 Å². The van der Waals surface area contributed by atoms with E-state index in [0.29, 0.717) is 0 Å². The second-order valence-electron chi connectivity index (χ2n) is 4.01. The van der Waals surface area contributed by atoms with E-state index in [1.54, 1.807) is 18.5 Å². The third-order valence-corrected chi connectivity index (χ3v) is 2.78. The monoisotopic (exact) mass is 238 g/mol. The number of imidazole rings is 1. The number of halogens is 1. The van der Waals surface area contributed by atoms with Crippen molar-refractivity contribution in [2.75, 3.05) is 0 Å². The smallest absolute Gasteiger partial charge is 0.123 e. The number of aromatic nitrogens is 2. The van der Waals surface area contributed by atoms with Gasteiger partial charge in [-0.1, -0.05) is 18.2 Å². The van der Waals surface area contributed by atoms with E-state index >= 15 is 0 Å². The third-order valence-electron chi connectivity index (χ3n) is 2.78. The summed E-state index contributed by atoms with van der Waals surface area (Å²) < 4.78 is 14.8. The van der Waals surface area contributed by atoms with Crippen molar-refractivity contribution in [3.63, 3.8) is 0 Å². The molecule has 0 atom stereocenters. The maximum Gasteiger partial charge on any atom is 0.123 e. The van der Waals surface area contributed by atoms with E-state index < -0.39 is 0 Å². The lowest BCUT2D eigenvalue weighted by molar-refractivity contribution is 0.628. The first-order valence-corrected chi connectivity index (χ1v) is 5.68. The largest absolute Gasteiger partial charge is 0.306 e. The van der Waals surface area contributed by atoms with Gasteiger partial charge in [-0.2, -0.15) is 0 Å². The molecule has 2 nitrogen and oxygen atoms in total. The number of nitrogens with zero attached hydrogens (tertiary/aromatic N) is 2. The lowest BCUT2D eigenvalue weighted by Gasteiger charge is -2.00. The van der Waals surface area contributed by atoms with Crippen molar-refractivity contribution in [2.24, 2.45) is 0 Å². The summed E-state index contributed by atoms with van der Waals surface area (Å²) in [5.41, 5.74) is 2.79. The molecule has 0 spiro atoms. The normalized spacial score (nSPS) is 10.5. The van der Waals surface area contributed by atoms with Crippen LogP contribution in [0.2, 0.25) is 0 Å². The summed E-state index contributed by atoms with van der Waals surface area (Å²) in [5.74, 6) is -0.235. The van der Waals surface area contributed by atoms with E-state index in [1.807, 2.05) is 41.1 Å². The zero-order chi connectivity index (χ0) is 12.4. The molecule has 0 amide bonds. The van der Waals surface area contributed by atoms with Gasteiger partial charge in [-0.15, -0.1) is 0 Å². The van der Waals surface area contributed by atoms with E-state index in [1.165, 1.54) is 12.1 Å². The van der Waals surface area contributed by atoms with Gasteiger partial charge in [0.05, 0.1) is 12.0 Å². The van der Waals surface area contributed by atoms with Gasteiger partial charge in [0, 0.05) is 17.4 Å². The quantitative estimate of drug-likeness (QED) is 0.666. The third kappa shape index (κ3) is 2.02. The van der Waals surface area contributed by atoms with Crippen molar-refractivity contribution in [1.29, 1.82) is 0 Å². The molecule has 3 aromatic rings. The van der Waals surface area contributed by atoms with Crippen LogP contribution in [0.5, 0.6) is 0 Å². The van der Waals surface area contributed by atoms with Crippen molar-refractivity contribution in [3.05, 3.63) is 72.9 Å². The van der Waals surface area contributed by atoms with E-state index in [2.05, 4.69) is 4.98 Å². The predicted octanol–water partition coefficient (Wildman–Crippen LogP) is 3.68. The molecule has 0 fully saturated rings. The summed E-state index contributed by atoms with van der Waals surface area (Å²) in [6.07, 6.45) is 3.69. The highest BCUT2D eigenvalue weighted by Crippen LogP contribution is 2.19. The summed E-state index contributed by atoms with van der Waals surface area (Å²) >= 11 is 0. The first kappa shape index (κ1) is 10.7. The minimum absolute atomic E-state index is 0.235. The Balaban J connectivity index is 1.97. The number of benzene rings is 2. The Bertz CT molecular complexity index is 642. The Labute approximate surface area is 104 Å². The van der Waals surface area contributed by atoms with Crippen LogP contribution in [0.4, 0.5) is 4.39 Å². The van der Waals surface area contributed by atoms with Gasteiger partial charge in [0.2, 0.25) is 0 Å². The molecule has 18 heavy (non-hydrogen) atoms. The average Bonchev–Trinajstić information content (AvgIpc) is 2.90. The SMILES string of the molecule is Fc1ccc(-c2cn(-c3ccccc3)cn2)cc1. The van der Waals surface area contributed by atoms with Crippen LogP contribution in [0.25, 0.3) is 16.9 Å². The molecule has 0 saturated carbocycles. The second-order valence-corrected chi connectivity index (χ2v) is 4.01. The van der Waals surface area contributed by atoms with Gasteiger partial charge in [-0.05, 0) is 36.4 Å². The zero-order valence-electron chi connectivity index (χ0n) is 9.62. The van der Waals surface area contributed by atoms with Gasteiger partial charge in [-0.3, -0.25) is 0 Å². The van der Waals surface area contributed by atoms with E-state index in [9.17, 15) is 4.39 Å². The topological polar surface area (TPSA) is 17.8 Å². The lowest BCUT2D eigenvalue weighted by atomic mass is 10.2. The van der Waals surface area contributed by atoms with Crippen LogP contribution in [0, 0.1) is 5.82 Å². The summed E-state index contributed by atoms with van der Waals surface area (Å²) in [4.78, 5) is 4.33. The minimum Gasteiger partial charge on any atom is -0.306 e. The molecular formula is C15H11FN2. The van der Waals surface area contributed by atoms with Crippen LogP contribution in [-0.4, -0.2) is 9.55 Å². The Kier molecular flexibility index (Phi) is 2.65. The number of hydrogen-bond acceptors (Lipinski definition) is 1.